The summed E-state index contributed by atoms with van der Waals surface area (Å²) in [5, 5.41) is 12.3. The van der Waals surface area contributed by atoms with Crippen LogP contribution in [0, 0.1) is 0 Å². The van der Waals surface area contributed by atoms with E-state index in [-0.39, 0.29) is 17.1 Å². The number of hydrogen-bond donors (Lipinski definition) is 1. The van der Waals surface area contributed by atoms with Crippen LogP contribution >= 0.6 is 11.8 Å². The number of thioether (sulfide) groups is 1. The molecule has 0 unspecified atom stereocenters. The van der Waals surface area contributed by atoms with Crippen molar-refractivity contribution in [1.29, 1.82) is 0 Å². The maximum Gasteiger partial charge on any atom is 0.234 e. The van der Waals surface area contributed by atoms with E-state index in [0.717, 1.165) is 11.4 Å². The summed E-state index contributed by atoms with van der Waals surface area (Å²) in [6.07, 6.45) is 0. The van der Waals surface area contributed by atoms with Crippen molar-refractivity contribution in [2.75, 3.05) is 25.3 Å². The highest BCUT2D eigenvalue weighted by Gasteiger charge is 2.17. The number of methoxy groups -OCH3 is 2. The molecule has 0 aliphatic rings. The third-order valence-electron chi connectivity index (χ3n) is 5.06. The molecular weight excluding hydrogens is 424 g/mol. The fourth-order valence-electron chi connectivity index (χ4n) is 3.24. The van der Waals surface area contributed by atoms with Crippen LogP contribution in [0.3, 0.4) is 0 Å². The second-order valence-corrected chi connectivity index (χ2v) is 9.22. The van der Waals surface area contributed by atoms with E-state index in [9.17, 15) is 4.79 Å². The van der Waals surface area contributed by atoms with Crippen LogP contribution in [0.25, 0.3) is 11.4 Å². The highest BCUT2D eigenvalue weighted by atomic mass is 32.2. The Balaban J connectivity index is 1.71. The molecule has 0 radical (unpaired) electrons. The van der Waals surface area contributed by atoms with Crippen LogP contribution in [0.15, 0.2) is 47.6 Å². The van der Waals surface area contributed by atoms with E-state index in [4.69, 9.17) is 9.47 Å². The quantitative estimate of drug-likeness (QED) is 0.482. The lowest BCUT2D eigenvalue weighted by atomic mass is 9.87. The van der Waals surface area contributed by atoms with E-state index in [1.54, 1.807) is 32.4 Å². The average Bonchev–Trinajstić information content (AvgIpc) is 3.20. The Labute approximate surface area is 193 Å². The van der Waals surface area contributed by atoms with Gasteiger partial charge in [-0.25, -0.2) is 0 Å². The van der Waals surface area contributed by atoms with E-state index < -0.39 is 0 Å². The number of aromatic nitrogens is 3. The third kappa shape index (κ3) is 5.43. The molecular formula is C24H30N4O3S. The van der Waals surface area contributed by atoms with Gasteiger partial charge in [0.1, 0.15) is 11.5 Å². The number of anilines is 1. The topological polar surface area (TPSA) is 78.3 Å². The first kappa shape index (κ1) is 23.7. The van der Waals surface area contributed by atoms with E-state index >= 15 is 0 Å². The third-order valence-corrected chi connectivity index (χ3v) is 6.02. The van der Waals surface area contributed by atoms with E-state index in [1.807, 2.05) is 11.5 Å². The lowest BCUT2D eigenvalue weighted by Gasteiger charge is -2.19. The molecule has 0 aliphatic carbocycles. The van der Waals surface area contributed by atoms with Gasteiger partial charge >= 0.3 is 0 Å². The van der Waals surface area contributed by atoms with Crippen molar-refractivity contribution < 1.29 is 14.3 Å². The maximum absolute atomic E-state index is 12.6. The normalized spacial score (nSPS) is 11.3. The summed E-state index contributed by atoms with van der Waals surface area (Å²) in [5.41, 5.74) is 2.93. The predicted octanol–water partition coefficient (Wildman–Crippen LogP) is 5.01. The molecule has 7 nitrogen and oxygen atoms in total. The molecule has 0 atom stereocenters. The minimum atomic E-state index is -0.164. The van der Waals surface area contributed by atoms with Crippen LogP contribution in [-0.2, 0) is 16.8 Å². The smallest absolute Gasteiger partial charge is 0.234 e. The molecule has 1 heterocycles. The predicted molar refractivity (Wildman–Crippen MR) is 129 cm³/mol. The molecule has 1 amide bonds. The van der Waals surface area contributed by atoms with Gasteiger partial charge in [0.05, 0.1) is 25.7 Å². The Morgan fingerprint density at radius 2 is 1.78 bits per heavy atom. The lowest BCUT2D eigenvalue weighted by molar-refractivity contribution is -0.113. The highest BCUT2D eigenvalue weighted by molar-refractivity contribution is 7.99. The molecule has 1 aromatic heterocycles. The minimum Gasteiger partial charge on any atom is -0.497 e. The zero-order valence-electron chi connectivity index (χ0n) is 19.4. The zero-order valence-corrected chi connectivity index (χ0v) is 20.2. The number of amides is 1. The van der Waals surface area contributed by atoms with Gasteiger partial charge in [0.15, 0.2) is 11.0 Å². The Hall–Kier alpha value is -3.00. The van der Waals surface area contributed by atoms with Gasteiger partial charge in [-0.05, 0) is 30.0 Å². The number of nitrogens with zero attached hydrogens (tertiary/aromatic N) is 3. The van der Waals surface area contributed by atoms with Crippen molar-refractivity contribution in [1.82, 2.24) is 14.8 Å². The standard InChI is InChI=1S/C24H30N4O3S/c1-7-28-22(16-8-10-17(11-9-16)24(2,3)4)26-27-23(28)32-15-21(29)25-19-14-18(30-5)12-13-20(19)31-6/h8-14H,7,15H2,1-6H3,(H,25,29). The fourth-order valence-corrected chi connectivity index (χ4v) is 4.04. The minimum absolute atomic E-state index is 0.0940. The number of carbonyl (C=O) groups excluding carboxylic acids is 1. The Morgan fingerprint density at radius 1 is 1.06 bits per heavy atom. The van der Waals surface area contributed by atoms with Crippen molar-refractivity contribution in [3.63, 3.8) is 0 Å². The number of hydrogen-bond acceptors (Lipinski definition) is 6. The van der Waals surface area contributed by atoms with Gasteiger partial charge in [-0.15, -0.1) is 10.2 Å². The number of benzene rings is 2. The van der Waals surface area contributed by atoms with Gasteiger partial charge in [0.25, 0.3) is 0 Å². The Bertz CT molecular complexity index is 1070. The largest absolute Gasteiger partial charge is 0.497 e. The lowest BCUT2D eigenvalue weighted by Crippen LogP contribution is -2.15. The van der Waals surface area contributed by atoms with E-state index in [0.29, 0.717) is 28.9 Å². The second-order valence-electron chi connectivity index (χ2n) is 8.28. The summed E-state index contributed by atoms with van der Waals surface area (Å²) in [5.74, 6) is 2.04. The number of carbonyl (C=O) groups is 1. The SMILES string of the molecule is CCn1c(SCC(=O)Nc2cc(OC)ccc2OC)nnc1-c1ccc(C(C)(C)C)cc1. The van der Waals surface area contributed by atoms with Crippen molar-refractivity contribution in [2.45, 2.75) is 44.8 Å². The molecule has 0 saturated heterocycles. The first-order chi connectivity index (χ1) is 15.3. The van der Waals surface area contributed by atoms with Gasteiger partial charge < -0.3 is 19.4 Å². The zero-order chi connectivity index (χ0) is 23.3. The van der Waals surface area contributed by atoms with Crippen LogP contribution in [0.4, 0.5) is 5.69 Å². The molecule has 32 heavy (non-hydrogen) atoms. The van der Waals surface area contributed by atoms with E-state index in [2.05, 4.69) is 60.6 Å². The molecule has 0 bridgehead atoms. The summed E-state index contributed by atoms with van der Waals surface area (Å²) in [6, 6.07) is 13.7. The molecule has 3 rings (SSSR count). The maximum atomic E-state index is 12.6. The monoisotopic (exact) mass is 454 g/mol. The van der Waals surface area contributed by atoms with Crippen molar-refractivity contribution in [2.24, 2.45) is 0 Å². The second kappa shape index (κ2) is 10.1. The Kier molecular flexibility index (Phi) is 7.45. The number of rotatable bonds is 8. The molecule has 0 saturated carbocycles. The number of nitrogens with one attached hydrogen (secondary N) is 1. The molecule has 0 spiro atoms. The highest BCUT2D eigenvalue weighted by Crippen LogP contribution is 2.30. The molecule has 3 aromatic rings. The summed E-state index contributed by atoms with van der Waals surface area (Å²) in [7, 11) is 3.14. The first-order valence-electron chi connectivity index (χ1n) is 10.5. The molecule has 170 valence electrons. The molecule has 8 heteroatoms. The van der Waals surface area contributed by atoms with Gasteiger partial charge in [-0.2, -0.15) is 0 Å². The van der Waals surface area contributed by atoms with Crippen LogP contribution in [0.2, 0.25) is 0 Å². The van der Waals surface area contributed by atoms with Crippen LogP contribution in [-0.4, -0.2) is 40.6 Å². The van der Waals surface area contributed by atoms with Crippen molar-refractivity contribution >= 4 is 23.4 Å². The van der Waals surface area contributed by atoms with Gasteiger partial charge in [-0.1, -0.05) is 56.8 Å². The van der Waals surface area contributed by atoms with Gasteiger partial charge in [-0.3, -0.25) is 4.79 Å². The number of ether oxygens (including phenoxy) is 2. The van der Waals surface area contributed by atoms with Crippen molar-refractivity contribution in [3.05, 3.63) is 48.0 Å². The van der Waals surface area contributed by atoms with E-state index in [1.165, 1.54) is 17.3 Å². The molecule has 2 aromatic carbocycles. The van der Waals surface area contributed by atoms with Gasteiger partial charge in [0.2, 0.25) is 5.91 Å². The Morgan fingerprint density at radius 3 is 2.38 bits per heavy atom. The molecule has 1 N–H and O–H groups in total. The molecule has 0 fully saturated rings. The van der Waals surface area contributed by atoms with Crippen molar-refractivity contribution in [3.8, 4) is 22.9 Å². The fraction of sp³-hybridized carbons (Fsp3) is 0.375. The summed E-state index contributed by atoms with van der Waals surface area (Å²) in [6.45, 7) is 9.32. The van der Waals surface area contributed by atoms with Crippen LogP contribution in [0.1, 0.15) is 33.3 Å². The summed E-state index contributed by atoms with van der Waals surface area (Å²) in [4.78, 5) is 12.6. The van der Waals surface area contributed by atoms with Gasteiger partial charge in [0, 0.05) is 18.2 Å². The summed E-state index contributed by atoms with van der Waals surface area (Å²) >= 11 is 1.35. The van der Waals surface area contributed by atoms with Crippen LogP contribution in [0.5, 0.6) is 11.5 Å². The van der Waals surface area contributed by atoms with Crippen LogP contribution < -0.4 is 14.8 Å². The molecule has 0 aliphatic heterocycles. The summed E-state index contributed by atoms with van der Waals surface area (Å²) < 4.78 is 12.6. The first-order valence-corrected chi connectivity index (χ1v) is 11.4. The average molecular weight is 455 g/mol.